The second kappa shape index (κ2) is 4.43. The van der Waals surface area contributed by atoms with Gasteiger partial charge < -0.3 is 10.0 Å². The maximum absolute atomic E-state index is 8.73. The number of pyridine rings is 1. The molecule has 0 aliphatic heterocycles. The molecular weight excluding hydrogens is 166 g/mol. The minimum atomic E-state index is 0.0657. The van der Waals surface area contributed by atoms with Crippen molar-refractivity contribution in [2.75, 3.05) is 25.1 Å². The zero-order chi connectivity index (χ0) is 9.68. The third-order valence-electron chi connectivity index (χ3n) is 1.74. The van der Waals surface area contributed by atoms with Crippen LogP contribution in [0.25, 0.3) is 0 Å². The van der Waals surface area contributed by atoms with Gasteiger partial charge in [-0.1, -0.05) is 0 Å². The zero-order valence-electron chi connectivity index (χ0n) is 7.44. The van der Waals surface area contributed by atoms with Crippen LogP contribution in [-0.4, -0.2) is 30.3 Å². The van der Waals surface area contributed by atoms with Gasteiger partial charge in [-0.25, -0.2) is 4.98 Å². The Morgan fingerprint density at radius 1 is 1.69 bits per heavy atom. The number of hydrogen-bond donors (Lipinski definition) is 1. The first-order valence-electron chi connectivity index (χ1n) is 3.96. The summed E-state index contributed by atoms with van der Waals surface area (Å²) in [7, 11) is 1.81. The van der Waals surface area contributed by atoms with Crippen molar-refractivity contribution in [3.63, 3.8) is 0 Å². The average Bonchev–Trinajstić information content (AvgIpc) is 2.18. The molecule has 0 unspecified atom stereocenters. The summed E-state index contributed by atoms with van der Waals surface area (Å²) in [6.45, 7) is 0.566. The molecule has 0 saturated carbocycles. The van der Waals surface area contributed by atoms with Crippen LogP contribution in [0.2, 0.25) is 0 Å². The summed E-state index contributed by atoms with van der Waals surface area (Å²) in [5.74, 6) is 0. The van der Waals surface area contributed by atoms with E-state index in [0.717, 1.165) is 5.69 Å². The third kappa shape index (κ3) is 2.17. The van der Waals surface area contributed by atoms with Gasteiger partial charge in [0.15, 0.2) is 5.69 Å². The van der Waals surface area contributed by atoms with E-state index in [4.69, 9.17) is 10.4 Å². The smallest absolute Gasteiger partial charge is 0.163 e. The number of nitriles is 1. The lowest BCUT2D eigenvalue weighted by atomic mass is 10.3. The number of aliphatic hydroxyl groups excluding tert-OH is 1. The molecule has 0 spiro atoms. The van der Waals surface area contributed by atoms with E-state index in [1.807, 2.05) is 13.1 Å². The Labute approximate surface area is 77.1 Å². The molecule has 4 heteroatoms. The molecule has 4 nitrogen and oxygen atoms in total. The van der Waals surface area contributed by atoms with E-state index < -0.39 is 0 Å². The summed E-state index contributed by atoms with van der Waals surface area (Å²) >= 11 is 0. The van der Waals surface area contributed by atoms with Crippen molar-refractivity contribution in [1.29, 1.82) is 5.26 Å². The van der Waals surface area contributed by atoms with Crippen LogP contribution < -0.4 is 4.90 Å². The van der Waals surface area contributed by atoms with Gasteiger partial charge in [0.2, 0.25) is 0 Å². The summed E-state index contributed by atoms with van der Waals surface area (Å²) in [6, 6.07) is 5.58. The van der Waals surface area contributed by atoms with Crippen molar-refractivity contribution in [3.05, 3.63) is 24.0 Å². The molecule has 68 valence electrons. The van der Waals surface area contributed by atoms with Crippen LogP contribution >= 0.6 is 0 Å². The van der Waals surface area contributed by atoms with Gasteiger partial charge in [-0.2, -0.15) is 5.26 Å². The summed E-state index contributed by atoms with van der Waals surface area (Å²) < 4.78 is 0. The minimum Gasteiger partial charge on any atom is -0.395 e. The predicted molar refractivity (Wildman–Crippen MR) is 49.3 cm³/mol. The van der Waals surface area contributed by atoms with Gasteiger partial charge in [0.25, 0.3) is 0 Å². The average molecular weight is 177 g/mol. The zero-order valence-corrected chi connectivity index (χ0v) is 7.44. The standard InChI is InChI=1S/C9H11N3O/c1-12(5-6-13)9-3-2-4-11-8(9)7-10/h2-4,13H,5-6H2,1H3. The molecule has 1 heterocycles. The highest BCUT2D eigenvalue weighted by atomic mass is 16.3. The first-order chi connectivity index (χ1) is 6.29. The lowest BCUT2D eigenvalue weighted by Crippen LogP contribution is -2.22. The number of nitrogens with zero attached hydrogens (tertiary/aromatic N) is 3. The van der Waals surface area contributed by atoms with Gasteiger partial charge in [0, 0.05) is 19.8 Å². The quantitative estimate of drug-likeness (QED) is 0.725. The van der Waals surface area contributed by atoms with E-state index in [9.17, 15) is 0 Å². The van der Waals surface area contributed by atoms with Crippen LogP contribution in [0.15, 0.2) is 18.3 Å². The van der Waals surface area contributed by atoms with Crippen molar-refractivity contribution in [1.82, 2.24) is 4.98 Å². The molecule has 0 bridgehead atoms. The Hall–Kier alpha value is -1.60. The molecule has 13 heavy (non-hydrogen) atoms. The number of rotatable bonds is 3. The van der Waals surface area contributed by atoms with E-state index in [2.05, 4.69) is 4.98 Å². The molecule has 1 N–H and O–H groups in total. The van der Waals surface area contributed by atoms with Gasteiger partial charge >= 0.3 is 0 Å². The fourth-order valence-electron chi connectivity index (χ4n) is 1.06. The predicted octanol–water partition coefficient (Wildman–Crippen LogP) is 0.382. The molecule has 1 aromatic rings. The lowest BCUT2D eigenvalue weighted by molar-refractivity contribution is 0.304. The minimum absolute atomic E-state index is 0.0657. The Bertz CT molecular complexity index is 319. The van der Waals surface area contributed by atoms with Gasteiger partial charge in [-0.3, -0.25) is 0 Å². The SMILES string of the molecule is CN(CCO)c1cccnc1C#N. The molecule has 0 aliphatic rings. The van der Waals surface area contributed by atoms with Gasteiger partial charge in [-0.15, -0.1) is 0 Å². The fourth-order valence-corrected chi connectivity index (χ4v) is 1.06. The highest BCUT2D eigenvalue weighted by Gasteiger charge is 2.05. The fraction of sp³-hybridized carbons (Fsp3) is 0.333. The number of aromatic nitrogens is 1. The Morgan fingerprint density at radius 3 is 3.08 bits per heavy atom. The highest BCUT2D eigenvalue weighted by Crippen LogP contribution is 2.14. The second-order valence-electron chi connectivity index (χ2n) is 2.63. The van der Waals surface area contributed by atoms with Crippen LogP contribution in [0.4, 0.5) is 5.69 Å². The van der Waals surface area contributed by atoms with E-state index in [-0.39, 0.29) is 6.61 Å². The molecular formula is C9H11N3O. The van der Waals surface area contributed by atoms with Crippen molar-refractivity contribution >= 4 is 5.69 Å². The monoisotopic (exact) mass is 177 g/mol. The Kier molecular flexibility index (Phi) is 3.23. The number of hydrogen-bond acceptors (Lipinski definition) is 4. The Morgan fingerprint density at radius 2 is 2.46 bits per heavy atom. The van der Waals surface area contributed by atoms with E-state index in [0.29, 0.717) is 12.2 Å². The van der Waals surface area contributed by atoms with Gasteiger partial charge in [0.1, 0.15) is 6.07 Å². The van der Waals surface area contributed by atoms with Gasteiger partial charge in [0.05, 0.1) is 12.3 Å². The topological polar surface area (TPSA) is 60.1 Å². The first kappa shape index (κ1) is 9.49. The lowest BCUT2D eigenvalue weighted by Gasteiger charge is -2.17. The van der Waals surface area contributed by atoms with E-state index in [1.54, 1.807) is 23.2 Å². The maximum Gasteiger partial charge on any atom is 0.163 e. The molecule has 0 fully saturated rings. The third-order valence-corrected chi connectivity index (χ3v) is 1.74. The summed E-state index contributed by atoms with van der Waals surface area (Å²) in [4.78, 5) is 5.71. The number of likely N-dealkylation sites (N-methyl/N-ethyl adjacent to an activating group) is 1. The highest BCUT2D eigenvalue weighted by molar-refractivity contribution is 5.54. The molecule has 0 aliphatic carbocycles. The molecule has 0 saturated heterocycles. The van der Waals surface area contributed by atoms with Crippen LogP contribution in [0.1, 0.15) is 5.69 Å². The number of aliphatic hydroxyl groups is 1. The van der Waals surface area contributed by atoms with E-state index >= 15 is 0 Å². The first-order valence-corrected chi connectivity index (χ1v) is 3.96. The Balaban J connectivity index is 2.93. The molecule has 1 aromatic heterocycles. The normalized spacial score (nSPS) is 9.31. The summed E-state index contributed by atoms with van der Waals surface area (Å²) in [5, 5.41) is 17.5. The molecule has 1 rings (SSSR count). The summed E-state index contributed by atoms with van der Waals surface area (Å²) in [6.07, 6.45) is 1.58. The molecule has 0 atom stereocenters. The molecule has 0 radical (unpaired) electrons. The van der Waals surface area contributed by atoms with Crippen LogP contribution in [-0.2, 0) is 0 Å². The van der Waals surface area contributed by atoms with Crippen LogP contribution in [0, 0.1) is 11.3 Å². The van der Waals surface area contributed by atoms with E-state index in [1.165, 1.54) is 0 Å². The van der Waals surface area contributed by atoms with Crippen LogP contribution in [0.5, 0.6) is 0 Å². The summed E-state index contributed by atoms with van der Waals surface area (Å²) in [5.41, 5.74) is 1.14. The van der Waals surface area contributed by atoms with Crippen molar-refractivity contribution < 1.29 is 5.11 Å². The largest absolute Gasteiger partial charge is 0.395 e. The van der Waals surface area contributed by atoms with Crippen molar-refractivity contribution in [2.45, 2.75) is 0 Å². The molecule has 0 amide bonds. The molecule has 0 aromatic carbocycles. The number of anilines is 1. The van der Waals surface area contributed by atoms with Crippen molar-refractivity contribution in [2.24, 2.45) is 0 Å². The maximum atomic E-state index is 8.73. The van der Waals surface area contributed by atoms with Crippen molar-refractivity contribution in [3.8, 4) is 6.07 Å². The van der Waals surface area contributed by atoms with Gasteiger partial charge in [-0.05, 0) is 12.1 Å². The van der Waals surface area contributed by atoms with Crippen LogP contribution in [0.3, 0.4) is 0 Å². The second-order valence-corrected chi connectivity index (χ2v) is 2.63.